The van der Waals surface area contributed by atoms with Gasteiger partial charge >= 0.3 is 0 Å². The third-order valence-corrected chi connectivity index (χ3v) is 5.39. The lowest BCUT2D eigenvalue weighted by molar-refractivity contribution is -0.120. The summed E-state index contributed by atoms with van der Waals surface area (Å²) in [5, 5.41) is 2.87. The number of halogens is 1. The molecule has 0 bridgehead atoms. The van der Waals surface area contributed by atoms with Gasteiger partial charge in [-0.3, -0.25) is 9.59 Å². The molecule has 0 spiro atoms. The highest BCUT2D eigenvalue weighted by Crippen LogP contribution is 2.45. The molecule has 0 fully saturated rings. The van der Waals surface area contributed by atoms with Crippen molar-refractivity contribution in [2.45, 2.75) is 12.3 Å². The second-order valence-corrected chi connectivity index (χ2v) is 7.22. The molecular formula is C20H16FN3O3S. The van der Waals surface area contributed by atoms with Crippen LogP contribution in [0.2, 0.25) is 0 Å². The molecule has 8 heteroatoms. The number of primary amides is 1. The minimum atomic E-state index is -0.563. The molecule has 0 saturated carbocycles. The van der Waals surface area contributed by atoms with Gasteiger partial charge in [-0.15, -0.1) is 0 Å². The molecule has 4 rings (SSSR count). The van der Waals surface area contributed by atoms with Crippen LogP contribution in [0.1, 0.15) is 22.8 Å². The summed E-state index contributed by atoms with van der Waals surface area (Å²) in [5.41, 5.74) is 7.76. The highest BCUT2D eigenvalue weighted by molar-refractivity contribution is 7.07. The van der Waals surface area contributed by atoms with Crippen molar-refractivity contribution in [1.82, 2.24) is 4.37 Å². The van der Waals surface area contributed by atoms with Crippen molar-refractivity contribution >= 4 is 29.0 Å². The average Bonchev–Trinajstić information content (AvgIpc) is 3.09. The first-order valence-electron chi connectivity index (χ1n) is 8.57. The van der Waals surface area contributed by atoms with Crippen molar-refractivity contribution < 1.29 is 18.7 Å². The summed E-state index contributed by atoms with van der Waals surface area (Å²) >= 11 is 1.28. The third-order valence-electron chi connectivity index (χ3n) is 4.43. The third kappa shape index (κ3) is 3.59. The van der Waals surface area contributed by atoms with Gasteiger partial charge in [0.05, 0.1) is 10.6 Å². The summed E-state index contributed by atoms with van der Waals surface area (Å²) in [4.78, 5) is 24.2. The highest BCUT2D eigenvalue weighted by atomic mass is 32.1. The smallest absolute Gasteiger partial charge is 0.255 e. The average molecular weight is 397 g/mol. The van der Waals surface area contributed by atoms with E-state index in [1.165, 1.54) is 23.7 Å². The van der Waals surface area contributed by atoms with E-state index in [1.54, 1.807) is 30.3 Å². The molecule has 0 radical (unpaired) electrons. The van der Waals surface area contributed by atoms with Crippen LogP contribution in [0.3, 0.4) is 0 Å². The summed E-state index contributed by atoms with van der Waals surface area (Å²) in [6.45, 7) is -0.218. The number of carbonyl (C=O) groups excluding carboxylic acids is 2. The van der Waals surface area contributed by atoms with Crippen LogP contribution in [0.5, 0.6) is 5.75 Å². The zero-order valence-corrected chi connectivity index (χ0v) is 15.5. The van der Waals surface area contributed by atoms with Gasteiger partial charge in [0.25, 0.3) is 5.91 Å². The highest BCUT2D eigenvalue weighted by Gasteiger charge is 2.31. The molecule has 3 aromatic rings. The maximum Gasteiger partial charge on any atom is 0.255 e. The second kappa shape index (κ2) is 7.40. The molecule has 1 atom stereocenters. The standard InChI is InChI=1S/C20H16FN3O3S/c21-13-5-1-4-12(7-13)18-19-20(28-24-18)15(9-17(26)23-19)11-3-2-6-14(8-11)27-10-16(22)25/h1-8,15H,9-10H2,(H2,22,25)(H,23,26)/t15-/m1/s1. The van der Waals surface area contributed by atoms with Gasteiger partial charge in [-0.05, 0) is 41.4 Å². The van der Waals surface area contributed by atoms with Gasteiger partial charge in [-0.1, -0.05) is 24.3 Å². The van der Waals surface area contributed by atoms with Crippen LogP contribution >= 0.6 is 11.5 Å². The van der Waals surface area contributed by atoms with Crippen LogP contribution in [0, 0.1) is 5.82 Å². The minimum absolute atomic E-state index is 0.140. The van der Waals surface area contributed by atoms with E-state index in [1.807, 2.05) is 6.07 Å². The monoisotopic (exact) mass is 397 g/mol. The lowest BCUT2D eigenvalue weighted by Gasteiger charge is -2.23. The Kier molecular flexibility index (Phi) is 4.79. The predicted molar refractivity (Wildman–Crippen MR) is 104 cm³/mol. The topological polar surface area (TPSA) is 94.3 Å². The van der Waals surface area contributed by atoms with Crippen molar-refractivity contribution in [3.05, 3.63) is 64.8 Å². The number of hydrogen-bond acceptors (Lipinski definition) is 5. The molecule has 1 aliphatic heterocycles. The van der Waals surface area contributed by atoms with Gasteiger partial charge in [0.1, 0.15) is 17.3 Å². The number of nitrogens with zero attached hydrogens (tertiary/aromatic N) is 1. The Hall–Kier alpha value is -3.26. The SMILES string of the molecule is NC(=O)COc1cccc([C@H]2CC(=O)Nc3c(-c4cccc(F)c4)nsc32)c1. The van der Waals surface area contributed by atoms with Crippen molar-refractivity contribution in [2.24, 2.45) is 5.73 Å². The lowest BCUT2D eigenvalue weighted by atomic mass is 9.89. The van der Waals surface area contributed by atoms with E-state index >= 15 is 0 Å². The number of nitrogens with one attached hydrogen (secondary N) is 1. The van der Waals surface area contributed by atoms with Gasteiger partial charge in [0, 0.05) is 17.9 Å². The van der Waals surface area contributed by atoms with E-state index in [0.717, 1.165) is 10.4 Å². The van der Waals surface area contributed by atoms with Gasteiger partial charge < -0.3 is 15.8 Å². The van der Waals surface area contributed by atoms with Crippen molar-refractivity contribution in [2.75, 3.05) is 11.9 Å². The normalized spacial score (nSPS) is 15.6. The largest absolute Gasteiger partial charge is 0.484 e. The number of fused-ring (bicyclic) bond motifs is 1. The molecule has 6 nitrogen and oxygen atoms in total. The molecule has 0 unspecified atom stereocenters. The van der Waals surface area contributed by atoms with E-state index in [9.17, 15) is 14.0 Å². The Morgan fingerprint density at radius 2 is 2.11 bits per heavy atom. The van der Waals surface area contributed by atoms with Crippen LogP contribution in [0.15, 0.2) is 48.5 Å². The Balaban J connectivity index is 1.71. The fourth-order valence-electron chi connectivity index (χ4n) is 3.21. The molecule has 3 N–H and O–H groups in total. The Labute approximate surface area is 164 Å². The fourth-order valence-corrected chi connectivity index (χ4v) is 4.18. The van der Waals surface area contributed by atoms with Gasteiger partial charge in [-0.25, -0.2) is 4.39 Å². The van der Waals surface area contributed by atoms with E-state index in [2.05, 4.69) is 9.69 Å². The van der Waals surface area contributed by atoms with E-state index < -0.39 is 5.91 Å². The molecule has 1 aliphatic rings. The molecular weight excluding hydrogens is 381 g/mol. The van der Waals surface area contributed by atoms with Crippen molar-refractivity contribution in [1.29, 1.82) is 0 Å². The first kappa shape index (κ1) is 18.1. The summed E-state index contributed by atoms with van der Waals surface area (Å²) in [7, 11) is 0. The molecule has 1 aromatic heterocycles. The minimum Gasteiger partial charge on any atom is -0.484 e. The summed E-state index contributed by atoms with van der Waals surface area (Å²) in [6.07, 6.45) is 0.261. The van der Waals surface area contributed by atoms with E-state index in [4.69, 9.17) is 10.5 Å². The van der Waals surface area contributed by atoms with E-state index in [0.29, 0.717) is 22.7 Å². The van der Waals surface area contributed by atoms with Crippen LogP contribution in [0.4, 0.5) is 10.1 Å². The van der Waals surface area contributed by atoms with E-state index in [-0.39, 0.29) is 30.7 Å². The predicted octanol–water partition coefficient (Wildman–Crippen LogP) is 3.29. The molecule has 2 amide bonds. The Bertz CT molecular complexity index is 1070. The number of ether oxygens (including phenoxy) is 1. The Morgan fingerprint density at radius 3 is 2.89 bits per heavy atom. The molecule has 28 heavy (non-hydrogen) atoms. The number of carbonyl (C=O) groups is 2. The van der Waals surface area contributed by atoms with Crippen molar-refractivity contribution in [3.63, 3.8) is 0 Å². The zero-order valence-electron chi connectivity index (χ0n) is 14.6. The van der Waals surface area contributed by atoms with Gasteiger partial charge in [-0.2, -0.15) is 4.37 Å². The molecule has 2 aromatic carbocycles. The maximum atomic E-state index is 13.6. The number of amides is 2. The molecule has 2 heterocycles. The maximum absolute atomic E-state index is 13.6. The summed E-state index contributed by atoms with van der Waals surface area (Å²) in [5.74, 6) is -0.776. The first-order chi connectivity index (χ1) is 13.5. The number of anilines is 1. The van der Waals surface area contributed by atoms with Gasteiger partial charge in [0.15, 0.2) is 6.61 Å². The first-order valence-corrected chi connectivity index (χ1v) is 9.35. The van der Waals surface area contributed by atoms with Crippen LogP contribution in [0.25, 0.3) is 11.3 Å². The number of benzene rings is 2. The number of nitrogens with two attached hydrogens (primary N) is 1. The summed E-state index contributed by atoms with van der Waals surface area (Å²) in [6, 6.07) is 13.3. The van der Waals surface area contributed by atoms with Gasteiger partial charge in [0.2, 0.25) is 5.91 Å². The number of aromatic nitrogens is 1. The van der Waals surface area contributed by atoms with Crippen LogP contribution < -0.4 is 15.8 Å². The zero-order chi connectivity index (χ0) is 19.7. The molecule has 142 valence electrons. The fraction of sp³-hybridized carbons (Fsp3) is 0.150. The number of rotatable bonds is 5. The molecule has 0 saturated heterocycles. The summed E-state index contributed by atoms with van der Waals surface area (Å²) < 4.78 is 23.5. The molecule has 0 aliphatic carbocycles. The quantitative estimate of drug-likeness (QED) is 0.691. The Morgan fingerprint density at radius 1 is 1.29 bits per heavy atom. The number of hydrogen-bond donors (Lipinski definition) is 2. The lowest BCUT2D eigenvalue weighted by Crippen LogP contribution is -2.22. The van der Waals surface area contributed by atoms with Crippen molar-refractivity contribution in [3.8, 4) is 17.0 Å². The van der Waals surface area contributed by atoms with Crippen LogP contribution in [-0.4, -0.2) is 22.8 Å². The van der Waals surface area contributed by atoms with Crippen LogP contribution in [-0.2, 0) is 9.59 Å². The second-order valence-electron chi connectivity index (χ2n) is 6.41.